The monoisotopic (exact) mass is 477 g/mol. The highest BCUT2D eigenvalue weighted by molar-refractivity contribution is 5.66. The second-order valence-electron chi connectivity index (χ2n) is 9.04. The zero-order chi connectivity index (χ0) is 25.1. The molecule has 5 rings (SSSR count). The predicted octanol–water partition coefficient (Wildman–Crippen LogP) is 9.38. The SMILES string of the molecule is C(/C=C/c1ccc(N(CC(c2ccccc2)c2ccccc2)c2ccccc2)cc1)=C\c1ccccc1. The lowest BCUT2D eigenvalue weighted by Crippen LogP contribution is -2.24. The molecule has 0 saturated carbocycles. The van der Waals surface area contributed by atoms with Crippen molar-refractivity contribution in [3.8, 4) is 0 Å². The summed E-state index contributed by atoms with van der Waals surface area (Å²) in [6.07, 6.45) is 8.45. The Kier molecular flexibility index (Phi) is 8.06. The Hall–Kier alpha value is -4.62. The van der Waals surface area contributed by atoms with Crippen LogP contribution in [0.4, 0.5) is 11.4 Å². The molecular weight excluding hydrogens is 446 g/mol. The molecule has 0 N–H and O–H groups in total. The lowest BCUT2D eigenvalue weighted by Gasteiger charge is -2.30. The van der Waals surface area contributed by atoms with Gasteiger partial charge in [0, 0.05) is 23.8 Å². The van der Waals surface area contributed by atoms with Crippen LogP contribution in [0.5, 0.6) is 0 Å². The number of benzene rings is 5. The van der Waals surface area contributed by atoms with Crippen LogP contribution in [0.1, 0.15) is 28.2 Å². The van der Waals surface area contributed by atoms with Crippen molar-refractivity contribution in [2.45, 2.75) is 5.92 Å². The van der Waals surface area contributed by atoms with E-state index < -0.39 is 0 Å². The van der Waals surface area contributed by atoms with Crippen LogP contribution in [0.25, 0.3) is 12.2 Å². The van der Waals surface area contributed by atoms with Gasteiger partial charge in [-0.1, -0.05) is 146 Å². The zero-order valence-electron chi connectivity index (χ0n) is 20.9. The van der Waals surface area contributed by atoms with E-state index in [1.165, 1.54) is 33.6 Å². The molecule has 0 radical (unpaired) electrons. The van der Waals surface area contributed by atoms with Crippen LogP contribution >= 0.6 is 0 Å². The maximum Gasteiger partial charge on any atom is 0.0411 e. The van der Waals surface area contributed by atoms with Gasteiger partial charge in [-0.2, -0.15) is 0 Å². The third-order valence-electron chi connectivity index (χ3n) is 6.53. The Morgan fingerprint density at radius 3 is 1.35 bits per heavy atom. The van der Waals surface area contributed by atoms with E-state index in [0.717, 1.165) is 6.54 Å². The molecule has 0 amide bonds. The molecule has 0 aliphatic heterocycles. The summed E-state index contributed by atoms with van der Waals surface area (Å²) in [4.78, 5) is 2.42. The fourth-order valence-corrected chi connectivity index (χ4v) is 4.59. The third-order valence-corrected chi connectivity index (χ3v) is 6.53. The largest absolute Gasteiger partial charge is 0.341 e. The Labute approximate surface area is 220 Å². The van der Waals surface area contributed by atoms with Crippen molar-refractivity contribution in [3.63, 3.8) is 0 Å². The quantitative estimate of drug-likeness (QED) is 0.191. The summed E-state index contributed by atoms with van der Waals surface area (Å²) in [5.74, 6) is 0.241. The lowest BCUT2D eigenvalue weighted by atomic mass is 9.90. The van der Waals surface area contributed by atoms with Gasteiger partial charge in [-0.3, -0.25) is 0 Å². The predicted molar refractivity (Wildman–Crippen MR) is 159 cm³/mol. The molecule has 0 aromatic heterocycles. The van der Waals surface area contributed by atoms with E-state index in [1.54, 1.807) is 0 Å². The van der Waals surface area contributed by atoms with Gasteiger partial charge in [-0.25, -0.2) is 0 Å². The number of allylic oxidation sites excluding steroid dienone is 2. The van der Waals surface area contributed by atoms with E-state index >= 15 is 0 Å². The van der Waals surface area contributed by atoms with Gasteiger partial charge >= 0.3 is 0 Å². The van der Waals surface area contributed by atoms with Crippen molar-refractivity contribution in [2.75, 3.05) is 11.4 Å². The summed E-state index contributed by atoms with van der Waals surface area (Å²) in [6, 6.07) is 51.5. The van der Waals surface area contributed by atoms with Crippen molar-refractivity contribution in [3.05, 3.63) is 180 Å². The molecule has 0 spiro atoms. The van der Waals surface area contributed by atoms with Gasteiger partial charge in [0.15, 0.2) is 0 Å². The van der Waals surface area contributed by atoms with Crippen LogP contribution in [-0.2, 0) is 0 Å². The average Bonchev–Trinajstić information content (AvgIpc) is 2.98. The minimum Gasteiger partial charge on any atom is -0.341 e. The van der Waals surface area contributed by atoms with E-state index in [1.807, 2.05) is 6.07 Å². The van der Waals surface area contributed by atoms with Crippen LogP contribution in [0.15, 0.2) is 158 Å². The summed E-state index contributed by atoms with van der Waals surface area (Å²) < 4.78 is 0. The molecule has 0 atom stereocenters. The average molecular weight is 478 g/mol. The summed E-state index contributed by atoms with van der Waals surface area (Å²) >= 11 is 0. The van der Waals surface area contributed by atoms with Crippen LogP contribution in [0.3, 0.4) is 0 Å². The topological polar surface area (TPSA) is 3.24 Å². The molecule has 1 nitrogen and oxygen atoms in total. The lowest BCUT2D eigenvalue weighted by molar-refractivity contribution is 0.793. The van der Waals surface area contributed by atoms with Gasteiger partial charge in [-0.15, -0.1) is 0 Å². The number of anilines is 2. The Balaban J connectivity index is 1.41. The Morgan fingerprint density at radius 1 is 0.432 bits per heavy atom. The van der Waals surface area contributed by atoms with Crippen molar-refractivity contribution >= 4 is 23.5 Å². The maximum absolute atomic E-state index is 2.42. The number of hydrogen-bond donors (Lipinski definition) is 0. The van der Waals surface area contributed by atoms with E-state index in [4.69, 9.17) is 0 Å². The molecule has 37 heavy (non-hydrogen) atoms. The molecule has 0 aliphatic carbocycles. The van der Waals surface area contributed by atoms with Gasteiger partial charge in [-0.05, 0) is 46.5 Å². The highest BCUT2D eigenvalue weighted by atomic mass is 15.1. The summed E-state index contributed by atoms with van der Waals surface area (Å²) in [5, 5.41) is 0. The molecule has 0 unspecified atom stereocenters. The van der Waals surface area contributed by atoms with E-state index in [-0.39, 0.29) is 5.92 Å². The van der Waals surface area contributed by atoms with E-state index in [0.29, 0.717) is 0 Å². The third kappa shape index (κ3) is 6.54. The zero-order valence-corrected chi connectivity index (χ0v) is 20.9. The van der Waals surface area contributed by atoms with Gasteiger partial charge in [0.05, 0.1) is 0 Å². The molecule has 0 aliphatic rings. The molecule has 0 saturated heterocycles. The fourth-order valence-electron chi connectivity index (χ4n) is 4.59. The number of para-hydroxylation sites is 1. The second kappa shape index (κ2) is 12.4. The molecule has 5 aromatic carbocycles. The van der Waals surface area contributed by atoms with Crippen molar-refractivity contribution < 1.29 is 0 Å². The van der Waals surface area contributed by atoms with Gasteiger partial charge in [0.1, 0.15) is 0 Å². The smallest absolute Gasteiger partial charge is 0.0411 e. The van der Waals surface area contributed by atoms with Crippen molar-refractivity contribution in [2.24, 2.45) is 0 Å². The summed E-state index contributed by atoms with van der Waals surface area (Å²) in [7, 11) is 0. The molecule has 1 heteroatoms. The first-order valence-corrected chi connectivity index (χ1v) is 12.8. The molecule has 180 valence electrons. The molecule has 5 aromatic rings. The van der Waals surface area contributed by atoms with Gasteiger partial charge in [0.25, 0.3) is 0 Å². The molecular formula is C36H31N. The molecule has 0 fully saturated rings. The number of nitrogens with zero attached hydrogens (tertiary/aromatic N) is 1. The Morgan fingerprint density at radius 2 is 0.838 bits per heavy atom. The van der Waals surface area contributed by atoms with Crippen LogP contribution in [0, 0.1) is 0 Å². The fraction of sp³-hybridized carbons (Fsp3) is 0.0556. The maximum atomic E-state index is 2.42. The standard InChI is InChI=1S/C36H31N/c1-5-15-30(16-6-1)17-13-14-18-31-25-27-35(28-26-31)37(34-23-11-4-12-24-34)29-36(32-19-7-2-8-20-32)33-21-9-3-10-22-33/h1-28,36H,29H2/b17-13+,18-14+. The van der Waals surface area contributed by atoms with Crippen LogP contribution in [-0.4, -0.2) is 6.54 Å². The summed E-state index contributed by atoms with van der Waals surface area (Å²) in [6.45, 7) is 0.840. The first-order valence-electron chi connectivity index (χ1n) is 12.8. The van der Waals surface area contributed by atoms with Crippen LogP contribution < -0.4 is 4.90 Å². The Bertz CT molecular complexity index is 1370. The highest BCUT2D eigenvalue weighted by Gasteiger charge is 2.20. The van der Waals surface area contributed by atoms with E-state index in [2.05, 4.69) is 169 Å². The van der Waals surface area contributed by atoms with Crippen molar-refractivity contribution in [1.82, 2.24) is 0 Å². The normalized spacial score (nSPS) is 11.4. The van der Waals surface area contributed by atoms with Crippen LogP contribution in [0.2, 0.25) is 0 Å². The highest BCUT2D eigenvalue weighted by Crippen LogP contribution is 2.32. The molecule has 0 bridgehead atoms. The number of hydrogen-bond acceptors (Lipinski definition) is 1. The first-order chi connectivity index (χ1) is 18.4. The van der Waals surface area contributed by atoms with Gasteiger partial charge < -0.3 is 4.90 Å². The molecule has 0 heterocycles. The van der Waals surface area contributed by atoms with E-state index in [9.17, 15) is 0 Å². The number of rotatable bonds is 9. The minimum atomic E-state index is 0.241. The first kappa shape index (κ1) is 24.1. The second-order valence-corrected chi connectivity index (χ2v) is 9.04. The minimum absolute atomic E-state index is 0.241. The summed E-state index contributed by atoms with van der Waals surface area (Å²) in [5.41, 5.74) is 7.39. The van der Waals surface area contributed by atoms with Crippen molar-refractivity contribution in [1.29, 1.82) is 0 Å². The van der Waals surface area contributed by atoms with Gasteiger partial charge in [0.2, 0.25) is 0 Å².